The van der Waals surface area contributed by atoms with Crippen molar-refractivity contribution in [3.63, 3.8) is 0 Å². The summed E-state index contributed by atoms with van der Waals surface area (Å²) in [5.74, 6) is -0.942. The van der Waals surface area contributed by atoms with Crippen LogP contribution in [0.4, 0.5) is 0 Å². The second-order valence-electron chi connectivity index (χ2n) is 3.04. The maximum atomic E-state index is 10.9. The first-order valence-electron chi connectivity index (χ1n) is 3.67. The van der Waals surface area contributed by atoms with Crippen molar-refractivity contribution in [3.8, 4) is 0 Å². The Hall–Kier alpha value is -0.620. The summed E-state index contributed by atoms with van der Waals surface area (Å²) in [7, 11) is -4.34. The quantitative estimate of drug-likeness (QED) is 0.587. The molecule has 1 amide bonds. The van der Waals surface area contributed by atoms with Gasteiger partial charge in [-0.3, -0.25) is 9.35 Å². The van der Waals surface area contributed by atoms with Gasteiger partial charge in [-0.05, 0) is 12.8 Å². The maximum Gasteiger partial charge on any atom is 0.279 e. The summed E-state index contributed by atoms with van der Waals surface area (Å²) in [6, 6.07) is 0. The Kier molecular flexibility index (Phi) is 2.13. The summed E-state index contributed by atoms with van der Waals surface area (Å²) in [6.45, 7) is 0. The SMILES string of the molecule is NC(=O)C1(S(=O)(=O)O)CCCC1. The van der Waals surface area contributed by atoms with Gasteiger partial charge in [0.05, 0.1) is 0 Å². The first-order chi connectivity index (χ1) is 5.40. The van der Waals surface area contributed by atoms with Gasteiger partial charge in [-0.2, -0.15) is 8.42 Å². The minimum atomic E-state index is -4.34. The van der Waals surface area contributed by atoms with Crippen LogP contribution in [0.25, 0.3) is 0 Å². The predicted molar refractivity (Wildman–Crippen MR) is 41.9 cm³/mol. The lowest BCUT2D eigenvalue weighted by molar-refractivity contribution is -0.120. The van der Waals surface area contributed by atoms with E-state index >= 15 is 0 Å². The average molecular weight is 193 g/mol. The molecular weight excluding hydrogens is 182 g/mol. The highest BCUT2D eigenvalue weighted by Crippen LogP contribution is 2.35. The maximum absolute atomic E-state index is 10.9. The molecule has 0 aromatic carbocycles. The topological polar surface area (TPSA) is 97.5 Å². The standard InChI is InChI=1S/C6H11NO4S/c7-5(8)6(12(9,10)11)3-1-2-4-6/h1-4H2,(H2,7,8)(H,9,10,11). The van der Waals surface area contributed by atoms with Gasteiger partial charge in [0.1, 0.15) is 0 Å². The third-order valence-corrected chi connectivity index (χ3v) is 3.95. The third-order valence-electron chi connectivity index (χ3n) is 2.35. The van der Waals surface area contributed by atoms with Crippen molar-refractivity contribution >= 4 is 16.0 Å². The molecule has 3 N–H and O–H groups in total. The molecule has 0 aliphatic heterocycles. The lowest BCUT2D eigenvalue weighted by atomic mass is 10.1. The highest BCUT2D eigenvalue weighted by Gasteiger charge is 2.50. The van der Waals surface area contributed by atoms with Crippen LogP contribution in [0.5, 0.6) is 0 Å². The molecule has 0 saturated heterocycles. The molecule has 12 heavy (non-hydrogen) atoms. The van der Waals surface area contributed by atoms with E-state index in [2.05, 4.69) is 0 Å². The number of carbonyl (C=O) groups is 1. The van der Waals surface area contributed by atoms with Crippen LogP contribution in [-0.4, -0.2) is 23.6 Å². The van der Waals surface area contributed by atoms with Crippen molar-refractivity contribution in [2.24, 2.45) is 5.73 Å². The normalized spacial score (nSPS) is 22.4. The molecule has 6 heteroatoms. The number of carbonyl (C=O) groups excluding carboxylic acids is 1. The number of nitrogens with two attached hydrogens (primary N) is 1. The lowest BCUT2D eigenvalue weighted by Crippen LogP contribution is -2.47. The highest BCUT2D eigenvalue weighted by molar-refractivity contribution is 7.88. The first kappa shape index (κ1) is 9.47. The Morgan fingerprint density at radius 3 is 1.92 bits per heavy atom. The molecule has 70 valence electrons. The van der Waals surface area contributed by atoms with Crippen molar-refractivity contribution < 1.29 is 17.8 Å². The van der Waals surface area contributed by atoms with Crippen molar-refractivity contribution in [3.05, 3.63) is 0 Å². The first-order valence-corrected chi connectivity index (χ1v) is 5.11. The van der Waals surface area contributed by atoms with E-state index in [4.69, 9.17) is 10.3 Å². The summed E-state index contributed by atoms with van der Waals surface area (Å²) in [5, 5.41) is 0. The van der Waals surface area contributed by atoms with Gasteiger partial charge in [0.15, 0.2) is 4.75 Å². The van der Waals surface area contributed by atoms with E-state index in [1.807, 2.05) is 0 Å². The molecule has 0 aromatic heterocycles. The minimum absolute atomic E-state index is 0.140. The summed E-state index contributed by atoms with van der Waals surface area (Å²) in [5.41, 5.74) is 4.94. The van der Waals surface area contributed by atoms with Crippen molar-refractivity contribution in [2.75, 3.05) is 0 Å². The smallest absolute Gasteiger partial charge is 0.279 e. The Balaban J connectivity index is 3.12. The van der Waals surface area contributed by atoms with Crippen LogP contribution in [0.3, 0.4) is 0 Å². The van der Waals surface area contributed by atoms with E-state index in [1.54, 1.807) is 0 Å². The van der Waals surface area contributed by atoms with Gasteiger partial charge < -0.3 is 5.73 Å². The number of primary amides is 1. The molecule has 0 heterocycles. The average Bonchev–Trinajstić information content (AvgIpc) is 2.31. The fourth-order valence-corrected chi connectivity index (χ4v) is 2.64. The summed E-state index contributed by atoms with van der Waals surface area (Å²) < 4.78 is 28.8. The van der Waals surface area contributed by atoms with E-state index < -0.39 is 20.8 Å². The van der Waals surface area contributed by atoms with E-state index in [9.17, 15) is 13.2 Å². The summed E-state index contributed by atoms with van der Waals surface area (Å²) in [4.78, 5) is 10.9. The molecule has 0 radical (unpaired) electrons. The number of rotatable bonds is 2. The van der Waals surface area contributed by atoms with Crippen molar-refractivity contribution in [1.82, 2.24) is 0 Å². The van der Waals surface area contributed by atoms with Crippen LogP contribution in [0.15, 0.2) is 0 Å². The lowest BCUT2D eigenvalue weighted by Gasteiger charge is -2.20. The number of amides is 1. The van der Waals surface area contributed by atoms with E-state index in [0.717, 1.165) is 0 Å². The monoisotopic (exact) mass is 193 g/mol. The van der Waals surface area contributed by atoms with Crippen LogP contribution in [0, 0.1) is 0 Å². The van der Waals surface area contributed by atoms with Crippen molar-refractivity contribution in [1.29, 1.82) is 0 Å². The zero-order valence-electron chi connectivity index (χ0n) is 6.49. The van der Waals surface area contributed by atoms with Crippen LogP contribution in [-0.2, 0) is 14.9 Å². The van der Waals surface area contributed by atoms with Gasteiger partial charge in [0, 0.05) is 0 Å². The number of hydrogen-bond acceptors (Lipinski definition) is 3. The molecule has 0 atom stereocenters. The fourth-order valence-electron chi connectivity index (χ4n) is 1.58. The Morgan fingerprint density at radius 1 is 1.33 bits per heavy atom. The molecule has 0 spiro atoms. The van der Waals surface area contributed by atoms with E-state index in [1.165, 1.54) is 0 Å². The zero-order valence-corrected chi connectivity index (χ0v) is 7.30. The molecule has 1 aliphatic carbocycles. The predicted octanol–water partition coefficient (Wildman–Crippen LogP) is -0.328. The largest absolute Gasteiger partial charge is 0.368 e. The van der Waals surface area contributed by atoms with E-state index in [0.29, 0.717) is 12.8 Å². The van der Waals surface area contributed by atoms with Gasteiger partial charge in [-0.1, -0.05) is 12.8 Å². The van der Waals surface area contributed by atoms with Gasteiger partial charge in [-0.15, -0.1) is 0 Å². The highest BCUT2D eigenvalue weighted by atomic mass is 32.2. The van der Waals surface area contributed by atoms with Gasteiger partial charge >= 0.3 is 0 Å². The van der Waals surface area contributed by atoms with Gasteiger partial charge in [-0.25, -0.2) is 0 Å². The zero-order chi connectivity index (χ0) is 9.41. The van der Waals surface area contributed by atoms with Gasteiger partial charge in [0.2, 0.25) is 5.91 Å². The van der Waals surface area contributed by atoms with Crippen LogP contribution >= 0.6 is 0 Å². The van der Waals surface area contributed by atoms with Crippen molar-refractivity contribution in [2.45, 2.75) is 30.4 Å². The molecular formula is C6H11NO4S. The second kappa shape index (κ2) is 2.70. The van der Waals surface area contributed by atoms with Crippen LogP contribution < -0.4 is 5.73 Å². The van der Waals surface area contributed by atoms with Gasteiger partial charge in [0.25, 0.3) is 10.1 Å². The Bertz CT molecular complexity index is 289. The summed E-state index contributed by atoms with van der Waals surface area (Å²) >= 11 is 0. The molecule has 5 nitrogen and oxygen atoms in total. The molecule has 1 aliphatic rings. The minimum Gasteiger partial charge on any atom is -0.368 e. The Labute approximate surface area is 70.7 Å². The molecule has 0 unspecified atom stereocenters. The second-order valence-corrected chi connectivity index (χ2v) is 4.77. The number of hydrogen-bond donors (Lipinski definition) is 2. The van der Waals surface area contributed by atoms with Crippen LogP contribution in [0.2, 0.25) is 0 Å². The molecule has 1 rings (SSSR count). The Morgan fingerprint density at radius 2 is 1.75 bits per heavy atom. The molecule has 0 bridgehead atoms. The van der Waals surface area contributed by atoms with Crippen LogP contribution in [0.1, 0.15) is 25.7 Å². The van der Waals surface area contributed by atoms with E-state index in [-0.39, 0.29) is 12.8 Å². The third kappa shape index (κ3) is 1.21. The molecule has 1 saturated carbocycles. The molecule has 0 aromatic rings. The fraction of sp³-hybridized carbons (Fsp3) is 0.833. The molecule has 1 fully saturated rings. The summed E-state index contributed by atoms with van der Waals surface area (Å²) in [6.07, 6.45) is 1.51.